The molecule has 0 bridgehead atoms. The minimum atomic E-state index is -0.0175. The van der Waals surface area contributed by atoms with E-state index in [0.717, 1.165) is 16.6 Å². The van der Waals surface area contributed by atoms with Crippen LogP contribution in [0.15, 0.2) is 17.1 Å². The lowest BCUT2D eigenvalue weighted by Crippen LogP contribution is -2.14. The van der Waals surface area contributed by atoms with E-state index in [-0.39, 0.29) is 11.5 Å². The topological polar surface area (TPSA) is 50.7 Å². The highest BCUT2D eigenvalue weighted by Crippen LogP contribution is 2.14. The van der Waals surface area contributed by atoms with Crippen LogP contribution in [-0.2, 0) is 7.05 Å². The fraction of sp³-hybridized carbons (Fsp3) is 0.400. The molecule has 0 aliphatic heterocycles. The average Bonchev–Trinajstić information content (AvgIpc) is 2.46. The van der Waals surface area contributed by atoms with Gasteiger partial charge in [0.2, 0.25) is 0 Å². The van der Waals surface area contributed by atoms with Crippen LogP contribution < -0.4 is 5.56 Å². The summed E-state index contributed by atoms with van der Waals surface area (Å²) in [4.78, 5) is 14.5. The SMILES string of the molecule is CC(C)c1cc2cnn(C)c2[nH]c1=O. The Balaban J connectivity index is 2.79. The molecule has 2 aromatic rings. The summed E-state index contributed by atoms with van der Waals surface area (Å²) in [7, 11) is 1.81. The number of rotatable bonds is 1. The first-order chi connectivity index (χ1) is 6.59. The Bertz CT molecular complexity index is 522. The largest absolute Gasteiger partial charge is 0.307 e. The molecule has 2 rings (SSSR count). The van der Waals surface area contributed by atoms with E-state index < -0.39 is 0 Å². The molecule has 2 aromatic heterocycles. The molecule has 0 saturated heterocycles. The van der Waals surface area contributed by atoms with Gasteiger partial charge in [-0.15, -0.1) is 0 Å². The lowest BCUT2D eigenvalue weighted by atomic mass is 10.0. The van der Waals surface area contributed by atoms with E-state index >= 15 is 0 Å². The van der Waals surface area contributed by atoms with Gasteiger partial charge in [-0.2, -0.15) is 5.10 Å². The Kier molecular flexibility index (Phi) is 1.91. The van der Waals surface area contributed by atoms with Crippen molar-refractivity contribution in [3.8, 4) is 0 Å². The molecule has 0 aliphatic carbocycles. The fourth-order valence-electron chi connectivity index (χ4n) is 1.55. The van der Waals surface area contributed by atoms with Gasteiger partial charge in [0.15, 0.2) is 0 Å². The summed E-state index contributed by atoms with van der Waals surface area (Å²) >= 11 is 0. The summed E-state index contributed by atoms with van der Waals surface area (Å²) in [5.41, 5.74) is 1.57. The maximum absolute atomic E-state index is 11.6. The number of aromatic amines is 1. The van der Waals surface area contributed by atoms with Crippen molar-refractivity contribution in [2.24, 2.45) is 7.05 Å². The predicted octanol–water partition coefficient (Wildman–Crippen LogP) is 1.38. The molecule has 2 heterocycles. The van der Waals surface area contributed by atoms with E-state index in [1.54, 1.807) is 10.9 Å². The van der Waals surface area contributed by atoms with Crippen LogP contribution in [0.5, 0.6) is 0 Å². The lowest BCUT2D eigenvalue weighted by Gasteiger charge is -2.03. The van der Waals surface area contributed by atoms with Gasteiger partial charge in [-0.1, -0.05) is 13.8 Å². The number of pyridine rings is 1. The monoisotopic (exact) mass is 191 g/mol. The summed E-state index contributed by atoms with van der Waals surface area (Å²) < 4.78 is 1.67. The molecule has 0 saturated carbocycles. The zero-order valence-electron chi connectivity index (χ0n) is 8.53. The van der Waals surface area contributed by atoms with Crippen LogP contribution in [0.25, 0.3) is 11.0 Å². The van der Waals surface area contributed by atoms with Gasteiger partial charge < -0.3 is 4.98 Å². The van der Waals surface area contributed by atoms with Crippen molar-refractivity contribution in [2.45, 2.75) is 19.8 Å². The number of fused-ring (bicyclic) bond motifs is 1. The van der Waals surface area contributed by atoms with Crippen LogP contribution in [0.4, 0.5) is 0 Å². The summed E-state index contributed by atoms with van der Waals surface area (Å²) in [5.74, 6) is 0.239. The molecule has 4 heteroatoms. The lowest BCUT2D eigenvalue weighted by molar-refractivity contribution is 0.781. The third-order valence-corrected chi connectivity index (χ3v) is 2.39. The maximum Gasteiger partial charge on any atom is 0.253 e. The fourth-order valence-corrected chi connectivity index (χ4v) is 1.55. The molecule has 0 fully saturated rings. The van der Waals surface area contributed by atoms with Crippen molar-refractivity contribution in [3.05, 3.63) is 28.2 Å². The van der Waals surface area contributed by atoms with E-state index in [1.165, 1.54) is 0 Å². The van der Waals surface area contributed by atoms with Gasteiger partial charge in [0.05, 0.1) is 6.20 Å². The van der Waals surface area contributed by atoms with Crippen molar-refractivity contribution >= 4 is 11.0 Å². The van der Waals surface area contributed by atoms with Crippen LogP contribution in [0, 0.1) is 0 Å². The highest BCUT2D eigenvalue weighted by atomic mass is 16.1. The molecule has 74 valence electrons. The molecule has 0 radical (unpaired) electrons. The van der Waals surface area contributed by atoms with Gasteiger partial charge in [0, 0.05) is 18.0 Å². The predicted molar refractivity (Wildman–Crippen MR) is 55.4 cm³/mol. The molecular weight excluding hydrogens is 178 g/mol. The normalized spacial score (nSPS) is 11.4. The van der Waals surface area contributed by atoms with Gasteiger partial charge in [0.1, 0.15) is 5.65 Å². The first kappa shape index (κ1) is 8.99. The quantitative estimate of drug-likeness (QED) is 0.740. The third-order valence-electron chi connectivity index (χ3n) is 2.39. The number of hydrogen-bond acceptors (Lipinski definition) is 2. The molecule has 0 spiro atoms. The Hall–Kier alpha value is -1.58. The standard InChI is InChI=1S/C10H13N3O/c1-6(2)8-4-7-5-11-13(3)9(7)12-10(8)14/h4-6H,1-3H3,(H,12,14). The Morgan fingerprint density at radius 2 is 2.21 bits per heavy atom. The number of aromatic nitrogens is 3. The number of H-pyrrole nitrogens is 1. The van der Waals surface area contributed by atoms with Gasteiger partial charge >= 0.3 is 0 Å². The van der Waals surface area contributed by atoms with Crippen molar-refractivity contribution in [2.75, 3.05) is 0 Å². The van der Waals surface area contributed by atoms with Gasteiger partial charge in [-0.05, 0) is 12.0 Å². The average molecular weight is 191 g/mol. The van der Waals surface area contributed by atoms with E-state index in [1.807, 2.05) is 27.0 Å². The Morgan fingerprint density at radius 3 is 2.86 bits per heavy atom. The second-order valence-corrected chi connectivity index (χ2v) is 3.78. The molecule has 14 heavy (non-hydrogen) atoms. The Morgan fingerprint density at radius 1 is 1.50 bits per heavy atom. The second kappa shape index (κ2) is 2.97. The second-order valence-electron chi connectivity index (χ2n) is 3.78. The minimum absolute atomic E-state index is 0.0175. The molecule has 1 N–H and O–H groups in total. The van der Waals surface area contributed by atoms with Crippen molar-refractivity contribution in [1.82, 2.24) is 14.8 Å². The Labute approximate surface area is 81.6 Å². The molecule has 0 amide bonds. The zero-order valence-corrected chi connectivity index (χ0v) is 8.53. The van der Waals surface area contributed by atoms with Crippen molar-refractivity contribution < 1.29 is 0 Å². The van der Waals surface area contributed by atoms with Crippen molar-refractivity contribution in [1.29, 1.82) is 0 Å². The van der Waals surface area contributed by atoms with Gasteiger partial charge in [-0.3, -0.25) is 9.48 Å². The number of aryl methyl sites for hydroxylation is 1. The summed E-state index contributed by atoms with van der Waals surface area (Å²) in [5, 5.41) is 5.07. The maximum atomic E-state index is 11.6. The van der Waals surface area contributed by atoms with Crippen LogP contribution in [0.3, 0.4) is 0 Å². The first-order valence-corrected chi connectivity index (χ1v) is 4.64. The molecular formula is C10H13N3O. The van der Waals surface area contributed by atoms with E-state index in [9.17, 15) is 4.79 Å². The summed E-state index contributed by atoms with van der Waals surface area (Å²) in [6.07, 6.45) is 1.76. The highest BCUT2D eigenvalue weighted by molar-refractivity contribution is 5.74. The van der Waals surface area contributed by atoms with Crippen LogP contribution >= 0.6 is 0 Å². The van der Waals surface area contributed by atoms with E-state index in [2.05, 4.69) is 10.1 Å². The number of nitrogens with zero attached hydrogens (tertiary/aromatic N) is 2. The molecule has 0 unspecified atom stereocenters. The van der Waals surface area contributed by atoms with E-state index in [4.69, 9.17) is 0 Å². The van der Waals surface area contributed by atoms with Crippen LogP contribution in [-0.4, -0.2) is 14.8 Å². The summed E-state index contributed by atoms with van der Waals surface area (Å²) in [6, 6.07) is 1.91. The third kappa shape index (κ3) is 1.23. The summed E-state index contributed by atoms with van der Waals surface area (Å²) in [6.45, 7) is 4.01. The molecule has 0 atom stereocenters. The molecule has 4 nitrogen and oxygen atoms in total. The molecule has 0 aromatic carbocycles. The smallest absolute Gasteiger partial charge is 0.253 e. The van der Waals surface area contributed by atoms with Gasteiger partial charge in [0.25, 0.3) is 5.56 Å². The number of nitrogens with one attached hydrogen (secondary N) is 1. The zero-order chi connectivity index (χ0) is 10.3. The first-order valence-electron chi connectivity index (χ1n) is 4.64. The molecule has 0 aliphatic rings. The van der Waals surface area contributed by atoms with Crippen molar-refractivity contribution in [3.63, 3.8) is 0 Å². The number of hydrogen-bond donors (Lipinski definition) is 1. The minimum Gasteiger partial charge on any atom is -0.307 e. The highest BCUT2D eigenvalue weighted by Gasteiger charge is 2.08. The van der Waals surface area contributed by atoms with Crippen LogP contribution in [0.2, 0.25) is 0 Å². The van der Waals surface area contributed by atoms with E-state index in [0.29, 0.717) is 0 Å². The van der Waals surface area contributed by atoms with Gasteiger partial charge in [-0.25, -0.2) is 0 Å². The van der Waals surface area contributed by atoms with Crippen LogP contribution in [0.1, 0.15) is 25.3 Å².